The summed E-state index contributed by atoms with van der Waals surface area (Å²) in [6.07, 6.45) is 0. The second kappa shape index (κ2) is 4.14. The SMILES string of the molecule is CNc1cc(OC)c(Br)cc1Br. The van der Waals surface area contributed by atoms with Crippen LogP contribution in [-0.2, 0) is 0 Å². The largest absolute Gasteiger partial charge is 0.495 e. The summed E-state index contributed by atoms with van der Waals surface area (Å²) in [5.74, 6) is 0.822. The van der Waals surface area contributed by atoms with E-state index in [1.165, 1.54) is 0 Å². The van der Waals surface area contributed by atoms with Gasteiger partial charge in [-0.15, -0.1) is 0 Å². The summed E-state index contributed by atoms with van der Waals surface area (Å²) in [6, 6.07) is 3.87. The highest BCUT2D eigenvalue weighted by atomic mass is 79.9. The maximum Gasteiger partial charge on any atom is 0.135 e. The van der Waals surface area contributed by atoms with Crippen LogP contribution in [0.3, 0.4) is 0 Å². The van der Waals surface area contributed by atoms with Gasteiger partial charge in [-0.05, 0) is 37.9 Å². The Bertz CT molecular complexity index is 263. The number of nitrogens with one attached hydrogen (secondary N) is 1. The molecule has 0 amide bonds. The van der Waals surface area contributed by atoms with Gasteiger partial charge in [-0.25, -0.2) is 0 Å². The highest BCUT2D eigenvalue weighted by molar-refractivity contribution is 9.11. The molecule has 0 saturated heterocycles. The van der Waals surface area contributed by atoms with Gasteiger partial charge in [0.15, 0.2) is 0 Å². The number of halogens is 2. The van der Waals surface area contributed by atoms with Crippen molar-refractivity contribution >= 4 is 37.5 Å². The molecule has 1 rings (SSSR count). The van der Waals surface area contributed by atoms with Gasteiger partial charge in [0.1, 0.15) is 5.75 Å². The summed E-state index contributed by atoms with van der Waals surface area (Å²) in [4.78, 5) is 0. The number of methoxy groups -OCH3 is 1. The van der Waals surface area contributed by atoms with Crippen LogP contribution in [0.4, 0.5) is 5.69 Å². The molecular weight excluding hydrogens is 286 g/mol. The average molecular weight is 295 g/mol. The zero-order valence-electron chi connectivity index (χ0n) is 6.82. The Morgan fingerprint density at radius 3 is 2.42 bits per heavy atom. The van der Waals surface area contributed by atoms with Gasteiger partial charge < -0.3 is 10.1 Å². The zero-order chi connectivity index (χ0) is 9.14. The minimum absolute atomic E-state index is 0.822. The Morgan fingerprint density at radius 1 is 1.25 bits per heavy atom. The van der Waals surface area contributed by atoms with E-state index in [1.807, 2.05) is 19.2 Å². The first-order chi connectivity index (χ1) is 5.69. The molecule has 0 atom stereocenters. The van der Waals surface area contributed by atoms with E-state index in [1.54, 1.807) is 7.11 Å². The van der Waals surface area contributed by atoms with Crippen LogP contribution in [0.2, 0.25) is 0 Å². The van der Waals surface area contributed by atoms with Crippen molar-refractivity contribution in [2.24, 2.45) is 0 Å². The van der Waals surface area contributed by atoms with Crippen LogP contribution in [-0.4, -0.2) is 14.2 Å². The van der Waals surface area contributed by atoms with Crippen LogP contribution < -0.4 is 10.1 Å². The first kappa shape index (κ1) is 9.86. The maximum atomic E-state index is 5.13. The van der Waals surface area contributed by atoms with E-state index < -0.39 is 0 Å². The third kappa shape index (κ3) is 1.93. The molecule has 0 saturated carbocycles. The smallest absolute Gasteiger partial charge is 0.135 e. The quantitative estimate of drug-likeness (QED) is 0.904. The summed E-state index contributed by atoms with van der Waals surface area (Å²) >= 11 is 6.81. The van der Waals surface area contributed by atoms with Gasteiger partial charge in [0.05, 0.1) is 17.3 Å². The number of hydrogen-bond donors (Lipinski definition) is 1. The van der Waals surface area contributed by atoms with Gasteiger partial charge in [0.2, 0.25) is 0 Å². The van der Waals surface area contributed by atoms with Crippen molar-refractivity contribution < 1.29 is 4.74 Å². The van der Waals surface area contributed by atoms with Crippen LogP contribution in [0, 0.1) is 0 Å². The second-order valence-electron chi connectivity index (χ2n) is 2.22. The normalized spacial score (nSPS) is 9.67. The third-order valence-corrected chi connectivity index (χ3v) is 2.79. The summed E-state index contributed by atoms with van der Waals surface area (Å²) < 4.78 is 7.09. The molecule has 0 unspecified atom stereocenters. The summed E-state index contributed by atoms with van der Waals surface area (Å²) in [5, 5.41) is 3.05. The van der Waals surface area contributed by atoms with Crippen molar-refractivity contribution in [2.45, 2.75) is 0 Å². The van der Waals surface area contributed by atoms with Gasteiger partial charge in [-0.1, -0.05) is 0 Å². The molecular formula is C8H9Br2NO. The topological polar surface area (TPSA) is 21.3 Å². The molecule has 1 aromatic carbocycles. The van der Waals surface area contributed by atoms with E-state index in [0.29, 0.717) is 0 Å². The number of hydrogen-bond acceptors (Lipinski definition) is 2. The summed E-state index contributed by atoms with van der Waals surface area (Å²) in [7, 11) is 3.51. The number of rotatable bonds is 2. The molecule has 0 aliphatic carbocycles. The molecule has 0 aromatic heterocycles. The maximum absolute atomic E-state index is 5.13. The fraction of sp³-hybridized carbons (Fsp3) is 0.250. The molecule has 4 heteroatoms. The van der Waals surface area contributed by atoms with Crippen LogP contribution in [0.25, 0.3) is 0 Å². The highest BCUT2D eigenvalue weighted by Crippen LogP contribution is 2.34. The molecule has 0 heterocycles. The Labute approximate surface area is 88.6 Å². The van der Waals surface area contributed by atoms with E-state index in [2.05, 4.69) is 37.2 Å². The predicted molar refractivity (Wildman–Crippen MR) is 57.9 cm³/mol. The lowest BCUT2D eigenvalue weighted by molar-refractivity contribution is 0.412. The minimum Gasteiger partial charge on any atom is -0.495 e. The molecule has 2 nitrogen and oxygen atoms in total. The van der Waals surface area contributed by atoms with Gasteiger partial charge >= 0.3 is 0 Å². The van der Waals surface area contributed by atoms with Gasteiger partial charge in [0, 0.05) is 17.6 Å². The molecule has 1 aromatic rings. The lowest BCUT2D eigenvalue weighted by atomic mass is 10.3. The van der Waals surface area contributed by atoms with Crippen LogP contribution in [0.5, 0.6) is 5.75 Å². The van der Waals surface area contributed by atoms with E-state index in [9.17, 15) is 0 Å². The van der Waals surface area contributed by atoms with Crippen molar-refractivity contribution in [1.82, 2.24) is 0 Å². The van der Waals surface area contributed by atoms with Gasteiger partial charge in [-0.2, -0.15) is 0 Å². The Morgan fingerprint density at radius 2 is 1.92 bits per heavy atom. The van der Waals surface area contributed by atoms with Crippen molar-refractivity contribution in [2.75, 3.05) is 19.5 Å². The fourth-order valence-corrected chi connectivity index (χ4v) is 2.23. The van der Waals surface area contributed by atoms with Crippen LogP contribution in [0.15, 0.2) is 21.1 Å². The Balaban J connectivity index is 3.18. The van der Waals surface area contributed by atoms with Crippen molar-refractivity contribution in [3.05, 3.63) is 21.1 Å². The molecule has 0 aliphatic rings. The molecule has 0 radical (unpaired) electrons. The average Bonchev–Trinajstić information content (AvgIpc) is 2.05. The monoisotopic (exact) mass is 293 g/mol. The van der Waals surface area contributed by atoms with Crippen molar-refractivity contribution in [3.8, 4) is 5.75 Å². The van der Waals surface area contributed by atoms with E-state index in [-0.39, 0.29) is 0 Å². The summed E-state index contributed by atoms with van der Waals surface area (Å²) in [5.41, 5.74) is 1.01. The lowest BCUT2D eigenvalue weighted by Gasteiger charge is -2.08. The standard InChI is InChI=1S/C8H9Br2NO/c1-11-7-4-8(12-2)6(10)3-5(7)9/h3-4,11H,1-2H3. The Kier molecular flexibility index (Phi) is 3.40. The molecule has 0 fully saturated rings. The van der Waals surface area contributed by atoms with E-state index >= 15 is 0 Å². The molecule has 12 heavy (non-hydrogen) atoms. The first-order valence-electron chi connectivity index (χ1n) is 3.40. The number of anilines is 1. The molecule has 66 valence electrons. The lowest BCUT2D eigenvalue weighted by Crippen LogP contribution is -1.92. The van der Waals surface area contributed by atoms with Gasteiger partial charge in [0.25, 0.3) is 0 Å². The highest BCUT2D eigenvalue weighted by Gasteiger charge is 2.04. The minimum atomic E-state index is 0.822. The number of ether oxygens (including phenoxy) is 1. The first-order valence-corrected chi connectivity index (χ1v) is 4.98. The van der Waals surface area contributed by atoms with E-state index in [4.69, 9.17) is 4.74 Å². The molecule has 1 N–H and O–H groups in total. The summed E-state index contributed by atoms with van der Waals surface area (Å²) in [6.45, 7) is 0. The van der Waals surface area contributed by atoms with Gasteiger partial charge in [-0.3, -0.25) is 0 Å². The third-order valence-electron chi connectivity index (χ3n) is 1.51. The van der Waals surface area contributed by atoms with Crippen LogP contribution in [0.1, 0.15) is 0 Å². The molecule has 0 aliphatic heterocycles. The van der Waals surface area contributed by atoms with Crippen molar-refractivity contribution in [3.63, 3.8) is 0 Å². The van der Waals surface area contributed by atoms with E-state index in [0.717, 1.165) is 20.4 Å². The molecule has 0 bridgehead atoms. The fourth-order valence-electron chi connectivity index (χ4n) is 0.877. The van der Waals surface area contributed by atoms with Crippen LogP contribution >= 0.6 is 31.9 Å². The molecule has 0 spiro atoms. The second-order valence-corrected chi connectivity index (χ2v) is 3.93. The van der Waals surface area contributed by atoms with Crippen molar-refractivity contribution in [1.29, 1.82) is 0 Å². The number of benzene rings is 1. The zero-order valence-corrected chi connectivity index (χ0v) is 9.99. The Hall–Kier alpha value is -0.220. The predicted octanol–water partition coefficient (Wildman–Crippen LogP) is 3.26.